The maximum absolute atomic E-state index is 11.9. The SMILES string of the molecule is NC(=O)c1cnc(CNC(=O)Nc2nc(-c3ccccc3)ns2)s1. The fourth-order valence-electron chi connectivity index (χ4n) is 1.78. The van der Waals surface area contributed by atoms with Gasteiger partial charge in [0, 0.05) is 17.1 Å². The second kappa shape index (κ2) is 7.15. The van der Waals surface area contributed by atoms with Gasteiger partial charge in [0.25, 0.3) is 5.91 Å². The topological polar surface area (TPSA) is 123 Å². The molecule has 0 aliphatic heterocycles. The van der Waals surface area contributed by atoms with Gasteiger partial charge in [-0.2, -0.15) is 9.36 Å². The van der Waals surface area contributed by atoms with Gasteiger partial charge in [-0.25, -0.2) is 9.78 Å². The van der Waals surface area contributed by atoms with Crippen LogP contribution in [-0.2, 0) is 6.54 Å². The Labute approximate surface area is 144 Å². The van der Waals surface area contributed by atoms with E-state index in [-0.39, 0.29) is 6.54 Å². The highest BCUT2D eigenvalue weighted by molar-refractivity contribution is 7.13. The summed E-state index contributed by atoms with van der Waals surface area (Å²) in [5, 5.41) is 6.22. The Bertz CT molecular complexity index is 861. The average Bonchev–Trinajstić information content (AvgIpc) is 3.23. The molecule has 0 aliphatic rings. The largest absolute Gasteiger partial charge is 0.365 e. The molecule has 0 fully saturated rings. The van der Waals surface area contributed by atoms with Crippen LogP contribution in [0.5, 0.6) is 0 Å². The Kier molecular flexibility index (Phi) is 4.77. The van der Waals surface area contributed by atoms with Crippen LogP contribution in [-0.4, -0.2) is 26.3 Å². The molecule has 24 heavy (non-hydrogen) atoms. The van der Waals surface area contributed by atoms with Crippen molar-refractivity contribution in [1.29, 1.82) is 0 Å². The first kappa shape index (κ1) is 16.0. The summed E-state index contributed by atoms with van der Waals surface area (Å²) < 4.78 is 4.21. The molecular weight excluding hydrogens is 348 g/mol. The Morgan fingerprint density at radius 1 is 1.21 bits per heavy atom. The number of aromatic nitrogens is 3. The molecule has 10 heteroatoms. The summed E-state index contributed by atoms with van der Waals surface area (Å²) in [6.45, 7) is 0.189. The molecule has 0 atom stereocenters. The molecule has 0 saturated heterocycles. The lowest BCUT2D eigenvalue weighted by Gasteiger charge is -2.02. The number of amides is 3. The lowest BCUT2D eigenvalue weighted by atomic mass is 10.2. The minimum Gasteiger partial charge on any atom is -0.365 e. The van der Waals surface area contributed by atoms with Crippen LogP contribution in [0.25, 0.3) is 11.4 Å². The van der Waals surface area contributed by atoms with Gasteiger partial charge in [0.1, 0.15) is 9.88 Å². The predicted octanol–water partition coefficient (Wildman–Crippen LogP) is 2.08. The number of urea groups is 1. The van der Waals surface area contributed by atoms with Crippen molar-refractivity contribution in [3.63, 3.8) is 0 Å². The summed E-state index contributed by atoms with van der Waals surface area (Å²) in [5.41, 5.74) is 6.03. The van der Waals surface area contributed by atoms with E-state index < -0.39 is 11.9 Å². The number of hydrogen-bond donors (Lipinski definition) is 3. The molecular formula is C14H12N6O2S2. The summed E-state index contributed by atoms with van der Waals surface area (Å²) >= 11 is 2.23. The Morgan fingerprint density at radius 2 is 2.00 bits per heavy atom. The van der Waals surface area contributed by atoms with E-state index in [2.05, 4.69) is 25.0 Å². The molecule has 3 aromatic rings. The van der Waals surface area contributed by atoms with E-state index in [1.165, 1.54) is 6.20 Å². The van der Waals surface area contributed by atoms with Crippen molar-refractivity contribution < 1.29 is 9.59 Å². The molecule has 122 valence electrons. The number of primary amides is 1. The summed E-state index contributed by atoms with van der Waals surface area (Å²) in [6, 6.07) is 9.05. The molecule has 0 radical (unpaired) electrons. The number of rotatable bonds is 5. The third-order valence-corrected chi connectivity index (χ3v) is 4.52. The highest BCUT2D eigenvalue weighted by Crippen LogP contribution is 2.20. The van der Waals surface area contributed by atoms with E-state index in [9.17, 15) is 9.59 Å². The minimum absolute atomic E-state index is 0.189. The molecule has 4 N–H and O–H groups in total. The molecule has 0 spiro atoms. The number of anilines is 1. The van der Waals surface area contributed by atoms with Gasteiger partial charge >= 0.3 is 6.03 Å². The Hall–Kier alpha value is -2.85. The summed E-state index contributed by atoms with van der Waals surface area (Å²) in [4.78, 5) is 31.5. The molecule has 0 aliphatic carbocycles. The predicted molar refractivity (Wildman–Crippen MR) is 91.8 cm³/mol. The van der Waals surface area contributed by atoms with Crippen LogP contribution in [0.4, 0.5) is 9.93 Å². The number of nitrogens with zero attached hydrogens (tertiary/aromatic N) is 3. The van der Waals surface area contributed by atoms with Crippen LogP contribution >= 0.6 is 22.9 Å². The second-order valence-corrected chi connectivity index (χ2v) is 6.45. The fourth-order valence-corrected chi connectivity index (χ4v) is 3.08. The summed E-state index contributed by atoms with van der Waals surface area (Å²) in [6.07, 6.45) is 1.39. The number of carbonyl (C=O) groups is 2. The minimum atomic E-state index is -0.537. The first-order valence-corrected chi connectivity index (χ1v) is 8.39. The van der Waals surface area contributed by atoms with Crippen LogP contribution < -0.4 is 16.4 Å². The van der Waals surface area contributed by atoms with Gasteiger partial charge < -0.3 is 11.1 Å². The lowest BCUT2D eigenvalue weighted by molar-refractivity contribution is 0.100. The van der Waals surface area contributed by atoms with Crippen molar-refractivity contribution >= 4 is 39.9 Å². The van der Waals surface area contributed by atoms with Gasteiger partial charge in [0.05, 0.1) is 12.7 Å². The second-order valence-electron chi connectivity index (χ2n) is 4.58. The van der Waals surface area contributed by atoms with Crippen LogP contribution in [0.3, 0.4) is 0 Å². The van der Waals surface area contributed by atoms with Crippen molar-refractivity contribution in [3.8, 4) is 11.4 Å². The number of hydrogen-bond acceptors (Lipinski definition) is 7. The molecule has 1 aromatic carbocycles. The Morgan fingerprint density at radius 3 is 2.71 bits per heavy atom. The van der Waals surface area contributed by atoms with E-state index in [4.69, 9.17) is 5.73 Å². The number of nitrogens with two attached hydrogens (primary N) is 1. The van der Waals surface area contributed by atoms with Crippen LogP contribution in [0.1, 0.15) is 14.7 Å². The van der Waals surface area contributed by atoms with E-state index >= 15 is 0 Å². The number of carbonyl (C=O) groups excluding carboxylic acids is 2. The molecule has 8 nitrogen and oxygen atoms in total. The molecule has 0 unspecified atom stereocenters. The van der Waals surface area contributed by atoms with Crippen molar-refractivity contribution in [2.75, 3.05) is 5.32 Å². The maximum atomic E-state index is 11.9. The third kappa shape index (κ3) is 3.91. The van der Waals surface area contributed by atoms with Gasteiger partial charge in [-0.3, -0.25) is 10.1 Å². The molecule has 0 saturated carbocycles. The van der Waals surface area contributed by atoms with E-state index in [0.717, 1.165) is 28.4 Å². The van der Waals surface area contributed by atoms with Crippen molar-refractivity contribution in [2.24, 2.45) is 5.73 Å². The molecule has 2 heterocycles. The lowest BCUT2D eigenvalue weighted by Crippen LogP contribution is -2.28. The normalized spacial score (nSPS) is 10.3. The van der Waals surface area contributed by atoms with E-state index in [1.807, 2.05) is 30.3 Å². The number of benzene rings is 1. The molecule has 3 amide bonds. The van der Waals surface area contributed by atoms with Crippen molar-refractivity contribution in [2.45, 2.75) is 6.54 Å². The van der Waals surface area contributed by atoms with Crippen LogP contribution in [0.2, 0.25) is 0 Å². The zero-order valence-corrected chi connectivity index (χ0v) is 13.9. The third-order valence-electron chi connectivity index (χ3n) is 2.88. The average molecular weight is 360 g/mol. The summed E-state index contributed by atoms with van der Waals surface area (Å²) in [5.74, 6) is 0.0208. The van der Waals surface area contributed by atoms with Gasteiger partial charge in [0.15, 0.2) is 5.82 Å². The van der Waals surface area contributed by atoms with E-state index in [0.29, 0.717) is 20.8 Å². The first-order chi connectivity index (χ1) is 11.6. The number of thiazole rings is 1. The fraction of sp³-hybridized carbons (Fsp3) is 0.0714. The maximum Gasteiger partial charge on any atom is 0.321 e. The van der Waals surface area contributed by atoms with Gasteiger partial charge in [-0.1, -0.05) is 30.3 Å². The van der Waals surface area contributed by atoms with E-state index in [1.54, 1.807) is 0 Å². The monoisotopic (exact) mass is 360 g/mol. The van der Waals surface area contributed by atoms with Gasteiger partial charge in [-0.15, -0.1) is 11.3 Å². The zero-order chi connectivity index (χ0) is 16.9. The first-order valence-electron chi connectivity index (χ1n) is 6.80. The van der Waals surface area contributed by atoms with Crippen molar-refractivity contribution in [3.05, 3.63) is 46.4 Å². The quantitative estimate of drug-likeness (QED) is 0.643. The molecule has 3 rings (SSSR count). The van der Waals surface area contributed by atoms with Crippen LogP contribution in [0.15, 0.2) is 36.5 Å². The highest BCUT2D eigenvalue weighted by Gasteiger charge is 2.11. The smallest absolute Gasteiger partial charge is 0.321 e. The Balaban J connectivity index is 1.55. The molecule has 2 aromatic heterocycles. The van der Waals surface area contributed by atoms with Crippen LogP contribution in [0, 0.1) is 0 Å². The van der Waals surface area contributed by atoms with Crippen molar-refractivity contribution in [1.82, 2.24) is 19.7 Å². The standard InChI is InChI=1S/C14H12N6O2S2/c15-11(21)9-6-16-10(23-9)7-17-13(22)19-14-18-12(20-24-14)8-4-2-1-3-5-8/h1-6H,7H2,(H2,15,21)(H2,17,18,19,20,22). The highest BCUT2D eigenvalue weighted by atomic mass is 32.1. The van der Waals surface area contributed by atoms with Gasteiger partial charge in [0.2, 0.25) is 5.13 Å². The number of nitrogens with one attached hydrogen (secondary N) is 2. The molecule has 0 bridgehead atoms. The summed E-state index contributed by atoms with van der Waals surface area (Å²) in [7, 11) is 0. The zero-order valence-electron chi connectivity index (χ0n) is 12.2. The van der Waals surface area contributed by atoms with Gasteiger partial charge in [-0.05, 0) is 0 Å².